The third-order valence-electron chi connectivity index (χ3n) is 2.39. The van der Waals surface area contributed by atoms with Gasteiger partial charge in [-0.15, -0.1) is 0 Å². The van der Waals surface area contributed by atoms with Gasteiger partial charge in [-0.3, -0.25) is 0 Å². The minimum absolute atomic E-state index is 0.669. The quantitative estimate of drug-likeness (QED) is 0.795. The first-order valence-electron chi connectivity index (χ1n) is 5.12. The Hall–Kier alpha value is -1.02. The van der Waals surface area contributed by atoms with E-state index in [9.17, 15) is 0 Å². The Morgan fingerprint density at radius 1 is 1.21 bits per heavy atom. The molecular formula is C12H19NO. The molecule has 0 saturated heterocycles. The fraction of sp³-hybridized carbons (Fsp3) is 0.500. The van der Waals surface area contributed by atoms with Gasteiger partial charge in [0.05, 0.1) is 6.61 Å². The van der Waals surface area contributed by atoms with E-state index in [1.54, 1.807) is 0 Å². The topological polar surface area (TPSA) is 35.2 Å². The summed E-state index contributed by atoms with van der Waals surface area (Å²) in [6.07, 6.45) is 0.885. The highest BCUT2D eigenvalue weighted by Crippen LogP contribution is 2.23. The lowest BCUT2D eigenvalue weighted by molar-refractivity contribution is 0.336. The molecule has 0 atom stereocenters. The van der Waals surface area contributed by atoms with Crippen LogP contribution in [0.15, 0.2) is 12.1 Å². The third-order valence-corrected chi connectivity index (χ3v) is 2.39. The van der Waals surface area contributed by atoms with E-state index in [2.05, 4.69) is 26.0 Å². The average molecular weight is 193 g/mol. The number of benzene rings is 1. The molecule has 0 heterocycles. The number of rotatable bonds is 4. The molecule has 0 saturated carbocycles. The van der Waals surface area contributed by atoms with Crippen LogP contribution in [0.25, 0.3) is 0 Å². The maximum Gasteiger partial charge on any atom is 0.122 e. The smallest absolute Gasteiger partial charge is 0.122 e. The van der Waals surface area contributed by atoms with E-state index in [4.69, 9.17) is 10.5 Å². The van der Waals surface area contributed by atoms with Gasteiger partial charge in [0.1, 0.15) is 5.75 Å². The van der Waals surface area contributed by atoms with E-state index >= 15 is 0 Å². The number of nitrogens with two attached hydrogens (primary N) is 1. The lowest BCUT2D eigenvalue weighted by Gasteiger charge is -2.12. The van der Waals surface area contributed by atoms with Crippen molar-refractivity contribution in [3.05, 3.63) is 28.8 Å². The standard InChI is InChI=1S/C12H19NO/c1-4-14-12-8-10(3)9(2)7-11(12)5-6-13/h7-8H,4-6,13H2,1-3H3. The largest absolute Gasteiger partial charge is 0.494 e. The van der Waals surface area contributed by atoms with Gasteiger partial charge in [-0.1, -0.05) is 6.07 Å². The summed E-state index contributed by atoms with van der Waals surface area (Å²) < 4.78 is 5.57. The maximum absolute atomic E-state index is 5.57. The van der Waals surface area contributed by atoms with Crippen molar-refractivity contribution in [3.8, 4) is 5.75 Å². The summed E-state index contributed by atoms with van der Waals surface area (Å²) >= 11 is 0. The lowest BCUT2D eigenvalue weighted by atomic mass is 10.0. The normalized spacial score (nSPS) is 10.3. The lowest BCUT2D eigenvalue weighted by Crippen LogP contribution is -2.06. The number of ether oxygens (including phenoxy) is 1. The van der Waals surface area contributed by atoms with Gasteiger partial charge >= 0.3 is 0 Å². The van der Waals surface area contributed by atoms with Crippen molar-refractivity contribution in [2.45, 2.75) is 27.2 Å². The van der Waals surface area contributed by atoms with Crippen molar-refractivity contribution in [1.82, 2.24) is 0 Å². The monoisotopic (exact) mass is 193 g/mol. The van der Waals surface area contributed by atoms with Gasteiger partial charge in [0.2, 0.25) is 0 Å². The predicted molar refractivity (Wildman–Crippen MR) is 59.8 cm³/mol. The molecule has 2 N–H and O–H groups in total. The number of aryl methyl sites for hydroxylation is 2. The van der Waals surface area contributed by atoms with E-state index in [0.717, 1.165) is 12.2 Å². The van der Waals surface area contributed by atoms with Crippen LogP contribution >= 0.6 is 0 Å². The predicted octanol–water partition coefficient (Wildman–Crippen LogP) is 2.20. The highest BCUT2D eigenvalue weighted by molar-refractivity contribution is 5.41. The molecule has 78 valence electrons. The Morgan fingerprint density at radius 3 is 2.43 bits per heavy atom. The molecule has 0 aliphatic carbocycles. The highest BCUT2D eigenvalue weighted by atomic mass is 16.5. The van der Waals surface area contributed by atoms with Crippen LogP contribution in [0.3, 0.4) is 0 Å². The Kier molecular flexibility index (Phi) is 3.96. The maximum atomic E-state index is 5.57. The molecule has 0 unspecified atom stereocenters. The molecule has 0 bridgehead atoms. The van der Waals surface area contributed by atoms with Crippen molar-refractivity contribution < 1.29 is 4.74 Å². The number of hydrogen-bond acceptors (Lipinski definition) is 2. The van der Waals surface area contributed by atoms with E-state index < -0.39 is 0 Å². The van der Waals surface area contributed by atoms with Gasteiger partial charge in [-0.25, -0.2) is 0 Å². The zero-order valence-corrected chi connectivity index (χ0v) is 9.26. The summed E-state index contributed by atoms with van der Waals surface area (Å²) in [7, 11) is 0. The second kappa shape index (κ2) is 5.01. The second-order valence-electron chi connectivity index (χ2n) is 3.52. The van der Waals surface area contributed by atoms with E-state index in [-0.39, 0.29) is 0 Å². The Balaban J connectivity index is 3.03. The second-order valence-corrected chi connectivity index (χ2v) is 3.52. The average Bonchev–Trinajstić information content (AvgIpc) is 2.14. The van der Waals surface area contributed by atoms with Crippen LogP contribution in [0.1, 0.15) is 23.6 Å². The molecule has 14 heavy (non-hydrogen) atoms. The van der Waals surface area contributed by atoms with Crippen LogP contribution in [0, 0.1) is 13.8 Å². The van der Waals surface area contributed by atoms with Crippen molar-refractivity contribution >= 4 is 0 Å². The Morgan fingerprint density at radius 2 is 1.86 bits per heavy atom. The summed E-state index contributed by atoms with van der Waals surface area (Å²) in [4.78, 5) is 0. The molecule has 2 heteroatoms. The van der Waals surface area contributed by atoms with Gasteiger partial charge in [0.15, 0.2) is 0 Å². The third kappa shape index (κ3) is 2.48. The first-order valence-corrected chi connectivity index (χ1v) is 5.12. The molecule has 0 spiro atoms. The fourth-order valence-electron chi connectivity index (χ4n) is 1.49. The molecule has 2 nitrogen and oxygen atoms in total. The molecular weight excluding hydrogens is 174 g/mol. The summed E-state index contributed by atoms with van der Waals surface area (Å²) in [5.74, 6) is 0.987. The SMILES string of the molecule is CCOc1cc(C)c(C)cc1CCN. The van der Waals surface area contributed by atoms with Crippen LogP contribution < -0.4 is 10.5 Å². The minimum atomic E-state index is 0.669. The zero-order valence-electron chi connectivity index (χ0n) is 9.26. The first-order chi connectivity index (χ1) is 6.69. The summed E-state index contributed by atoms with van der Waals surface area (Å²) in [6, 6.07) is 4.27. The van der Waals surface area contributed by atoms with E-state index in [1.165, 1.54) is 16.7 Å². The summed E-state index contributed by atoms with van der Waals surface area (Å²) in [5, 5.41) is 0. The van der Waals surface area contributed by atoms with E-state index in [0.29, 0.717) is 13.2 Å². The van der Waals surface area contributed by atoms with Crippen molar-refractivity contribution in [3.63, 3.8) is 0 Å². The zero-order chi connectivity index (χ0) is 10.6. The van der Waals surface area contributed by atoms with Crippen molar-refractivity contribution in [1.29, 1.82) is 0 Å². The van der Waals surface area contributed by atoms with Crippen LogP contribution in [-0.2, 0) is 6.42 Å². The molecule has 1 rings (SSSR count). The van der Waals surface area contributed by atoms with Gasteiger partial charge < -0.3 is 10.5 Å². The van der Waals surface area contributed by atoms with E-state index in [1.807, 2.05) is 6.92 Å². The molecule has 0 aliphatic heterocycles. The van der Waals surface area contributed by atoms with Crippen molar-refractivity contribution in [2.24, 2.45) is 5.73 Å². The molecule has 0 aromatic heterocycles. The van der Waals surface area contributed by atoms with Gasteiger partial charge in [0.25, 0.3) is 0 Å². The molecule has 0 aliphatic rings. The minimum Gasteiger partial charge on any atom is -0.494 e. The molecule has 1 aromatic carbocycles. The first kappa shape index (κ1) is 11.1. The molecule has 0 amide bonds. The van der Waals surface area contributed by atoms with Crippen LogP contribution in [0.4, 0.5) is 0 Å². The molecule has 0 radical (unpaired) electrons. The van der Waals surface area contributed by atoms with Gasteiger partial charge in [-0.05, 0) is 56.5 Å². The van der Waals surface area contributed by atoms with Crippen LogP contribution in [0.5, 0.6) is 5.75 Å². The summed E-state index contributed by atoms with van der Waals surface area (Å²) in [5.41, 5.74) is 9.35. The Labute approximate surface area is 86.1 Å². The number of hydrogen-bond donors (Lipinski definition) is 1. The molecule has 1 aromatic rings. The Bertz CT molecular complexity index is 276. The fourth-order valence-corrected chi connectivity index (χ4v) is 1.49. The van der Waals surface area contributed by atoms with Crippen LogP contribution in [-0.4, -0.2) is 13.2 Å². The van der Waals surface area contributed by atoms with Crippen molar-refractivity contribution in [2.75, 3.05) is 13.2 Å². The highest BCUT2D eigenvalue weighted by Gasteiger charge is 2.05. The van der Waals surface area contributed by atoms with Gasteiger partial charge in [0, 0.05) is 0 Å². The molecule has 0 fully saturated rings. The van der Waals surface area contributed by atoms with Crippen LogP contribution in [0.2, 0.25) is 0 Å². The summed E-state index contributed by atoms with van der Waals surface area (Å²) in [6.45, 7) is 7.60. The van der Waals surface area contributed by atoms with Gasteiger partial charge in [-0.2, -0.15) is 0 Å².